The van der Waals surface area contributed by atoms with Crippen LogP contribution in [0.5, 0.6) is 0 Å². The Balaban J connectivity index is 2.39. The number of benzene rings is 2. The molecule has 0 bridgehead atoms. The second-order valence-corrected chi connectivity index (χ2v) is 7.74. The zero-order valence-corrected chi connectivity index (χ0v) is 18.5. The molecule has 4 nitrogen and oxygen atoms in total. The molecule has 0 saturated carbocycles. The predicted molar refractivity (Wildman–Crippen MR) is 105 cm³/mol. The van der Waals surface area contributed by atoms with Crippen LogP contribution >= 0.6 is 0 Å². The summed E-state index contributed by atoms with van der Waals surface area (Å²) >= 11 is 0. The maximum Gasteiger partial charge on any atom is 0.433 e. The Morgan fingerprint density at radius 3 is 1.50 bits per heavy atom. The van der Waals surface area contributed by atoms with Gasteiger partial charge in [-0.3, -0.25) is 4.79 Å². The number of nitrogens with one attached hydrogen (secondary N) is 1. The number of halogens is 15. The molecular formula is C21H8F15N3O. The first-order valence-corrected chi connectivity index (χ1v) is 9.96. The SMILES string of the molecule is O=c1cc(C(F)(F)F)nc(Nc2ccc(C(F)(F)F)cc2C(F)(F)F)n1-c1ccc(C(F)(F)F)cc1C(F)(F)F. The van der Waals surface area contributed by atoms with Crippen molar-refractivity contribution in [2.45, 2.75) is 30.9 Å². The van der Waals surface area contributed by atoms with E-state index in [0.717, 1.165) is 0 Å². The van der Waals surface area contributed by atoms with Gasteiger partial charge < -0.3 is 5.32 Å². The Morgan fingerprint density at radius 1 is 0.575 bits per heavy atom. The standard InChI is InChI=1S/C21H8F15N3O/c22-17(23,24)8-1-3-12(10(5-8)19(28,29)30)37-16-38-14(21(34,35)36)7-15(40)39(16)13-4-2-9(18(25,26)27)6-11(13)20(31,32)33/h1-7H,(H,37,38). The van der Waals surface area contributed by atoms with E-state index in [1.54, 1.807) is 0 Å². The molecule has 1 aromatic heterocycles. The normalized spacial score (nSPS) is 13.5. The molecule has 0 spiro atoms. The summed E-state index contributed by atoms with van der Waals surface area (Å²) in [5, 5.41) is 1.48. The third kappa shape index (κ3) is 6.44. The van der Waals surface area contributed by atoms with Crippen molar-refractivity contribution in [1.82, 2.24) is 9.55 Å². The highest BCUT2D eigenvalue weighted by Gasteiger charge is 2.42. The van der Waals surface area contributed by atoms with Crippen LogP contribution in [0.2, 0.25) is 0 Å². The molecule has 0 amide bonds. The van der Waals surface area contributed by atoms with Gasteiger partial charge in [-0.1, -0.05) is 0 Å². The van der Waals surface area contributed by atoms with Crippen LogP contribution in [0.3, 0.4) is 0 Å². The second kappa shape index (κ2) is 9.61. The summed E-state index contributed by atoms with van der Waals surface area (Å²) < 4.78 is 199. The Morgan fingerprint density at radius 2 is 1.05 bits per heavy atom. The average molecular weight is 603 g/mol. The molecule has 1 heterocycles. The van der Waals surface area contributed by atoms with E-state index >= 15 is 0 Å². The second-order valence-electron chi connectivity index (χ2n) is 7.74. The fourth-order valence-electron chi connectivity index (χ4n) is 3.26. The minimum absolute atomic E-state index is 0.00225. The van der Waals surface area contributed by atoms with Crippen LogP contribution in [-0.2, 0) is 30.9 Å². The van der Waals surface area contributed by atoms with Crippen LogP contribution in [0.1, 0.15) is 27.9 Å². The third-order valence-corrected chi connectivity index (χ3v) is 4.98. The molecule has 1 N–H and O–H groups in total. The van der Waals surface area contributed by atoms with Crippen LogP contribution in [0, 0.1) is 0 Å². The maximum absolute atomic E-state index is 13.7. The summed E-state index contributed by atoms with van der Waals surface area (Å²) in [5.74, 6) is -1.74. The molecule has 0 fully saturated rings. The van der Waals surface area contributed by atoms with E-state index in [0.29, 0.717) is 0 Å². The summed E-state index contributed by atoms with van der Waals surface area (Å²) in [5.41, 5.74) is -15.5. The smallest absolute Gasteiger partial charge is 0.325 e. The monoisotopic (exact) mass is 603 g/mol. The van der Waals surface area contributed by atoms with E-state index in [-0.39, 0.29) is 30.3 Å². The molecule has 40 heavy (non-hydrogen) atoms. The van der Waals surface area contributed by atoms with Gasteiger partial charge in [-0.2, -0.15) is 65.9 Å². The van der Waals surface area contributed by atoms with Gasteiger partial charge in [0.05, 0.1) is 33.6 Å². The summed E-state index contributed by atoms with van der Waals surface area (Å²) in [4.78, 5) is 15.4. The third-order valence-electron chi connectivity index (χ3n) is 4.98. The minimum Gasteiger partial charge on any atom is -0.325 e. The zero-order chi connectivity index (χ0) is 30.6. The van der Waals surface area contributed by atoms with E-state index in [4.69, 9.17) is 0 Å². The molecule has 218 valence electrons. The van der Waals surface area contributed by atoms with Crippen molar-refractivity contribution in [3.63, 3.8) is 0 Å². The number of hydrogen-bond acceptors (Lipinski definition) is 3. The van der Waals surface area contributed by atoms with Crippen molar-refractivity contribution >= 4 is 11.6 Å². The Bertz CT molecular complexity index is 1480. The Labute approximate surface area is 210 Å². The van der Waals surface area contributed by atoms with Gasteiger partial charge in [-0.15, -0.1) is 0 Å². The first-order valence-electron chi connectivity index (χ1n) is 9.96. The highest BCUT2D eigenvalue weighted by Crippen LogP contribution is 2.42. The van der Waals surface area contributed by atoms with Gasteiger partial charge in [0.2, 0.25) is 5.95 Å². The molecule has 0 saturated heterocycles. The molecule has 0 unspecified atom stereocenters. The summed E-state index contributed by atoms with van der Waals surface area (Å²) in [6.07, 6.45) is -27.6. The summed E-state index contributed by atoms with van der Waals surface area (Å²) in [6.45, 7) is 0. The van der Waals surface area contributed by atoms with Crippen LogP contribution < -0.4 is 10.9 Å². The lowest BCUT2D eigenvalue weighted by molar-refractivity contribution is -0.144. The lowest BCUT2D eigenvalue weighted by atomic mass is 10.1. The predicted octanol–water partition coefficient (Wildman–Crippen LogP) is 8.07. The van der Waals surface area contributed by atoms with E-state index in [1.165, 1.54) is 5.32 Å². The Hall–Kier alpha value is -3.93. The summed E-state index contributed by atoms with van der Waals surface area (Å²) in [6, 6.07) is -1.28. The van der Waals surface area contributed by atoms with Crippen molar-refractivity contribution in [3.8, 4) is 5.69 Å². The van der Waals surface area contributed by atoms with Gasteiger partial charge in [0, 0.05) is 6.07 Å². The minimum atomic E-state index is -5.71. The van der Waals surface area contributed by atoms with Gasteiger partial charge in [-0.25, -0.2) is 9.55 Å². The molecule has 0 atom stereocenters. The number of aromatic nitrogens is 2. The number of anilines is 2. The highest BCUT2D eigenvalue weighted by molar-refractivity contribution is 5.63. The molecule has 0 aliphatic rings. The fourth-order valence-corrected chi connectivity index (χ4v) is 3.26. The molecule has 0 aliphatic carbocycles. The van der Waals surface area contributed by atoms with Crippen LogP contribution in [0.4, 0.5) is 77.5 Å². The van der Waals surface area contributed by atoms with Crippen LogP contribution in [0.15, 0.2) is 47.3 Å². The number of rotatable bonds is 3. The van der Waals surface area contributed by atoms with Gasteiger partial charge in [0.15, 0.2) is 5.69 Å². The van der Waals surface area contributed by atoms with E-state index in [9.17, 15) is 70.7 Å². The van der Waals surface area contributed by atoms with Crippen molar-refractivity contribution in [2.75, 3.05) is 5.32 Å². The maximum atomic E-state index is 13.7. The van der Waals surface area contributed by atoms with Gasteiger partial charge in [-0.05, 0) is 36.4 Å². The first kappa shape index (κ1) is 30.6. The van der Waals surface area contributed by atoms with Gasteiger partial charge in [0.25, 0.3) is 5.56 Å². The summed E-state index contributed by atoms with van der Waals surface area (Å²) in [7, 11) is 0. The zero-order valence-electron chi connectivity index (χ0n) is 18.5. The van der Waals surface area contributed by atoms with Crippen molar-refractivity contribution < 1.29 is 65.9 Å². The average Bonchev–Trinajstić information content (AvgIpc) is 2.75. The number of alkyl halides is 15. The number of nitrogens with zero attached hydrogens (tertiary/aromatic N) is 2. The van der Waals surface area contributed by atoms with E-state index < -0.39 is 98.4 Å². The molecular weight excluding hydrogens is 595 g/mol. The fraction of sp³-hybridized carbons (Fsp3) is 0.238. The van der Waals surface area contributed by atoms with Crippen LogP contribution in [-0.4, -0.2) is 9.55 Å². The van der Waals surface area contributed by atoms with Crippen LogP contribution in [0.25, 0.3) is 5.69 Å². The van der Waals surface area contributed by atoms with Crippen molar-refractivity contribution in [1.29, 1.82) is 0 Å². The number of hydrogen-bond donors (Lipinski definition) is 1. The van der Waals surface area contributed by atoms with Gasteiger partial charge in [0.1, 0.15) is 0 Å². The lowest BCUT2D eigenvalue weighted by Crippen LogP contribution is -2.28. The molecule has 3 aromatic rings. The van der Waals surface area contributed by atoms with Gasteiger partial charge >= 0.3 is 30.9 Å². The molecule has 19 heteroatoms. The molecule has 0 radical (unpaired) electrons. The van der Waals surface area contributed by atoms with Crippen molar-refractivity contribution in [3.05, 3.63) is 80.8 Å². The quantitative estimate of drug-likeness (QED) is 0.308. The lowest BCUT2D eigenvalue weighted by Gasteiger charge is -2.22. The largest absolute Gasteiger partial charge is 0.433 e. The van der Waals surface area contributed by atoms with E-state index in [1.807, 2.05) is 0 Å². The van der Waals surface area contributed by atoms with E-state index in [2.05, 4.69) is 4.98 Å². The molecule has 0 aliphatic heterocycles. The van der Waals surface area contributed by atoms with Crippen molar-refractivity contribution in [2.24, 2.45) is 0 Å². The first-order chi connectivity index (χ1) is 17.9. The Kier molecular flexibility index (Phi) is 7.36. The molecule has 3 rings (SSSR count). The topological polar surface area (TPSA) is 46.9 Å². The highest BCUT2D eigenvalue weighted by atomic mass is 19.4. The molecule has 2 aromatic carbocycles.